The largest absolute Gasteiger partial charge is 0.465 e. The Balaban J connectivity index is 2.09. The number of ether oxygens (including phenoxy) is 4. The second-order valence-electron chi connectivity index (χ2n) is 5.40. The highest BCUT2D eigenvalue weighted by molar-refractivity contribution is 7.18. The molecule has 1 fully saturated rings. The summed E-state index contributed by atoms with van der Waals surface area (Å²) in [6.07, 6.45) is 0.669. The highest BCUT2D eigenvalue weighted by atomic mass is 32.1. The van der Waals surface area contributed by atoms with E-state index in [1.165, 1.54) is 14.2 Å². The monoisotopic (exact) mass is 385 g/mol. The van der Waals surface area contributed by atoms with E-state index in [1.54, 1.807) is 6.92 Å². The Morgan fingerprint density at radius 1 is 1.19 bits per heavy atom. The van der Waals surface area contributed by atoms with Gasteiger partial charge in [-0.25, -0.2) is 14.4 Å². The van der Waals surface area contributed by atoms with E-state index in [4.69, 9.17) is 14.2 Å². The second kappa shape index (κ2) is 8.77. The lowest BCUT2D eigenvalue weighted by Crippen LogP contribution is -2.27. The number of thiophene rings is 1. The van der Waals surface area contributed by atoms with Crippen LogP contribution in [0, 0.1) is 6.92 Å². The summed E-state index contributed by atoms with van der Waals surface area (Å²) in [4.78, 5) is 47.8. The van der Waals surface area contributed by atoms with E-state index in [2.05, 4.69) is 10.1 Å². The molecule has 0 radical (unpaired) electrons. The third-order valence-electron chi connectivity index (χ3n) is 3.70. The van der Waals surface area contributed by atoms with E-state index >= 15 is 0 Å². The molecular weight excluding hydrogens is 366 g/mol. The summed E-state index contributed by atoms with van der Waals surface area (Å²) in [5.74, 6) is -2.61. The lowest BCUT2D eigenvalue weighted by Gasteiger charge is -2.10. The molecule has 1 saturated heterocycles. The van der Waals surface area contributed by atoms with E-state index in [9.17, 15) is 19.2 Å². The number of amides is 1. The standard InChI is InChI=1S/C16H19NO8S/c1-8-11(15(20)22-2)13(26-12(8)16(21)23-3)17-10(18)7-25-14(19)9-5-4-6-24-9/h9H,4-7H2,1-3H3,(H,17,18)/t9-/m1/s1. The van der Waals surface area contributed by atoms with Gasteiger partial charge in [0.05, 0.1) is 19.8 Å². The number of hydrogen-bond acceptors (Lipinski definition) is 9. The van der Waals surface area contributed by atoms with E-state index in [0.29, 0.717) is 18.6 Å². The summed E-state index contributed by atoms with van der Waals surface area (Å²) in [6.45, 7) is 1.49. The van der Waals surface area contributed by atoms with E-state index in [-0.39, 0.29) is 15.4 Å². The predicted octanol–water partition coefficient (Wildman–Crippen LogP) is 1.29. The first-order chi connectivity index (χ1) is 12.4. The minimum atomic E-state index is -0.708. The molecule has 26 heavy (non-hydrogen) atoms. The van der Waals surface area contributed by atoms with Crippen LogP contribution in [0.2, 0.25) is 0 Å². The highest BCUT2D eigenvalue weighted by Crippen LogP contribution is 2.34. The van der Waals surface area contributed by atoms with Gasteiger partial charge in [0.1, 0.15) is 9.88 Å². The zero-order valence-corrected chi connectivity index (χ0v) is 15.4. The number of carbonyl (C=O) groups is 4. The Morgan fingerprint density at radius 2 is 1.88 bits per heavy atom. The SMILES string of the molecule is COC(=O)c1sc(NC(=O)COC(=O)[C@H]2CCCO2)c(C(=O)OC)c1C. The van der Waals surface area contributed by atoms with Crippen molar-refractivity contribution in [1.29, 1.82) is 0 Å². The molecule has 2 heterocycles. The van der Waals surface area contributed by atoms with Crippen molar-refractivity contribution in [1.82, 2.24) is 0 Å². The van der Waals surface area contributed by atoms with Gasteiger partial charge in [0, 0.05) is 6.61 Å². The normalized spacial score (nSPS) is 16.0. The summed E-state index contributed by atoms with van der Waals surface area (Å²) < 4.78 is 19.4. The first-order valence-corrected chi connectivity index (χ1v) is 8.58. The van der Waals surface area contributed by atoms with Gasteiger partial charge in [0.25, 0.3) is 5.91 Å². The van der Waals surface area contributed by atoms with Gasteiger partial charge in [0.15, 0.2) is 12.7 Å². The number of esters is 3. The molecule has 0 aliphatic carbocycles. The number of hydrogen-bond donors (Lipinski definition) is 1. The minimum Gasteiger partial charge on any atom is -0.465 e. The van der Waals surface area contributed by atoms with Crippen molar-refractivity contribution in [3.63, 3.8) is 0 Å². The fourth-order valence-corrected chi connectivity index (χ4v) is 3.52. The molecule has 0 saturated carbocycles. The van der Waals surface area contributed by atoms with Crippen molar-refractivity contribution >= 4 is 40.2 Å². The van der Waals surface area contributed by atoms with Crippen LogP contribution in [-0.2, 0) is 28.5 Å². The van der Waals surface area contributed by atoms with Gasteiger partial charge in [-0.1, -0.05) is 0 Å². The third-order valence-corrected chi connectivity index (χ3v) is 4.89. The maximum absolute atomic E-state index is 12.1. The molecule has 1 aromatic rings. The molecule has 1 aliphatic heterocycles. The Morgan fingerprint density at radius 3 is 2.46 bits per heavy atom. The molecule has 0 aromatic carbocycles. The van der Waals surface area contributed by atoms with Crippen molar-refractivity contribution in [2.24, 2.45) is 0 Å². The summed E-state index contributed by atoms with van der Waals surface area (Å²) in [5.41, 5.74) is 0.386. The van der Waals surface area contributed by atoms with Crippen molar-refractivity contribution in [2.75, 3.05) is 32.8 Å². The summed E-state index contributed by atoms with van der Waals surface area (Å²) >= 11 is 0.878. The van der Waals surface area contributed by atoms with Gasteiger partial charge in [-0.05, 0) is 25.3 Å². The maximum Gasteiger partial charge on any atom is 0.348 e. The van der Waals surface area contributed by atoms with Gasteiger partial charge in [0.2, 0.25) is 0 Å². The fourth-order valence-electron chi connectivity index (χ4n) is 2.39. The Kier molecular flexibility index (Phi) is 6.70. The van der Waals surface area contributed by atoms with Crippen molar-refractivity contribution in [2.45, 2.75) is 25.9 Å². The molecule has 1 aliphatic rings. The number of anilines is 1. The molecule has 10 heteroatoms. The first kappa shape index (κ1) is 19.9. The minimum absolute atomic E-state index is 0.0525. The summed E-state index contributed by atoms with van der Waals surface area (Å²) in [7, 11) is 2.40. The van der Waals surface area contributed by atoms with Gasteiger partial charge < -0.3 is 24.3 Å². The van der Waals surface area contributed by atoms with Gasteiger partial charge in [-0.3, -0.25) is 4.79 Å². The topological polar surface area (TPSA) is 117 Å². The number of rotatable bonds is 6. The number of carbonyl (C=O) groups excluding carboxylic acids is 4. The number of nitrogens with one attached hydrogen (secondary N) is 1. The Labute approximate surface area is 153 Å². The second-order valence-corrected chi connectivity index (χ2v) is 6.42. The molecule has 0 bridgehead atoms. The van der Waals surface area contributed by atoms with Crippen LogP contribution in [-0.4, -0.2) is 57.4 Å². The molecule has 0 unspecified atom stereocenters. The molecule has 1 N–H and O–H groups in total. The van der Waals surface area contributed by atoms with Gasteiger partial charge in [-0.2, -0.15) is 0 Å². The van der Waals surface area contributed by atoms with Gasteiger partial charge >= 0.3 is 17.9 Å². The van der Waals surface area contributed by atoms with Crippen LogP contribution in [0.15, 0.2) is 0 Å². The number of methoxy groups -OCH3 is 2. The molecular formula is C16H19NO8S. The maximum atomic E-state index is 12.1. The van der Waals surface area contributed by atoms with Crippen LogP contribution in [0.4, 0.5) is 5.00 Å². The molecule has 0 spiro atoms. The van der Waals surface area contributed by atoms with Crippen molar-refractivity contribution in [3.8, 4) is 0 Å². The summed E-state index contributed by atoms with van der Waals surface area (Å²) in [5, 5.41) is 2.58. The first-order valence-electron chi connectivity index (χ1n) is 7.77. The zero-order chi connectivity index (χ0) is 19.3. The average molecular weight is 385 g/mol. The van der Waals surface area contributed by atoms with Gasteiger partial charge in [-0.15, -0.1) is 11.3 Å². The quantitative estimate of drug-likeness (QED) is 0.575. The Hall–Kier alpha value is -2.46. The van der Waals surface area contributed by atoms with Crippen molar-refractivity contribution in [3.05, 3.63) is 16.0 Å². The molecule has 2 rings (SSSR count). The fraction of sp³-hybridized carbons (Fsp3) is 0.500. The van der Waals surface area contributed by atoms with E-state index < -0.39 is 36.5 Å². The van der Waals surface area contributed by atoms with Crippen LogP contribution in [0.3, 0.4) is 0 Å². The van der Waals surface area contributed by atoms with E-state index in [1.807, 2.05) is 0 Å². The van der Waals surface area contributed by atoms with Crippen molar-refractivity contribution < 1.29 is 38.1 Å². The Bertz CT molecular complexity index is 720. The molecule has 142 valence electrons. The molecule has 1 aromatic heterocycles. The third kappa shape index (κ3) is 4.38. The highest BCUT2D eigenvalue weighted by Gasteiger charge is 2.28. The van der Waals surface area contributed by atoms with Crippen LogP contribution in [0.5, 0.6) is 0 Å². The summed E-state index contributed by atoms with van der Waals surface area (Å²) in [6, 6.07) is 0. The van der Waals surface area contributed by atoms with Crippen LogP contribution in [0.25, 0.3) is 0 Å². The molecule has 9 nitrogen and oxygen atoms in total. The van der Waals surface area contributed by atoms with Crippen LogP contribution in [0.1, 0.15) is 38.4 Å². The molecule has 1 atom stereocenters. The lowest BCUT2D eigenvalue weighted by molar-refractivity contribution is -0.156. The van der Waals surface area contributed by atoms with Crippen LogP contribution >= 0.6 is 11.3 Å². The average Bonchev–Trinajstić information content (AvgIpc) is 3.27. The molecule has 1 amide bonds. The van der Waals surface area contributed by atoms with E-state index in [0.717, 1.165) is 17.8 Å². The lowest BCUT2D eigenvalue weighted by atomic mass is 10.1. The smallest absolute Gasteiger partial charge is 0.348 e. The van der Waals surface area contributed by atoms with Crippen LogP contribution < -0.4 is 5.32 Å². The zero-order valence-electron chi connectivity index (χ0n) is 14.6. The predicted molar refractivity (Wildman–Crippen MR) is 90.3 cm³/mol.